The summed E-state index contributed by atoms with van der Waals surface area (Å²) >= 11 is 0. The van der Waals surface area contributed by atoms with Gasteiger partial charge < -0.3 is 19.4 Å². The van der Waals surface area contributed by atoms with Gasteiger partial charge in [-0.2, -0.15) is 0 Å². The minimum atomic E-state index is -1.81. The van der Waals surface area contributed by atoms with Gasteiger partial charge in [0, 0.05) is 0 Å². The van der Waals surface area contributed by atoms with E-state index in [1.807, 2.05) is 37.3 Å². The van der Waals surface area contributed by atoms with Crippen molar-refractivity contribution in [2.75, 3.05) is 0 Å². The zero-order valence-corrected chi connectivity index (χ0v) is 10.6. The second-order valence-electron chi connectivity index (χ2n) is 4.15. The lowest BCUT2D eigenvalue weighted by atomic mass is 10.2. The van der Waals surface area contributed by atoms with E-state index in [1.165, 1.54) is 0 Å². The van der Waals surface area contributed by atoms with E-state index in [0.717, 1.165) is 11.1 Å². The summed E-state index contributed by atoms with van der Waals surface area (Å²) in [6.45, 7) is 2.30. The summed E-state index contributed by atoms with van der Waals surface area (Å²) in [7, 11) is -1.81. The molecule has 5 heteroatoms. The van der Waals surface area contributed by atoms with Gasteiger partial charge >= 0.3 is 7.32 Å². The van der Waals surface area contributed by atoms with Crippen LogP contribution in [0, 0.1) is 6.92 Å². The maximum absolute atomic E-state index is 8.75. The third kappa shape index (κ3) is 4.01. The van der Waals surface area contributed by atoms with E-state index >= 15 is 0 Å². The number of hydrogen-bond acceptors (Lipinski definition) is 4. The molecule has 0 aliphatic heterocycles. The van der Waals surface area contributed by atoms with Gasteiger partial charge in [0.2, 0.25) is 0 Å². The van der Waals surface area contributed by atoms with Crippen LogP contribution < -0.4 is 9.39 Å². The normalized spacial score (nSPS) is 10.1. The number of rotatable bonds is 5. The van der Waals surface area contributed by atoms with Gasteiger partial charge in [-0.05, 0) is 36.2 Å². The van der Waals surface area contributed by atoms with Crippen LogP contribution in [0.3, 0.4) is 0 Å². The molecule has 0 aliphatic carbocycles. The molecule has 98 valence electrons. The predicted molar refractivity (Wildman–Crippen MR) is 72.8 cm³/mol. The van der Waals surface area contributed by atoms with Crippen LogP contribution in [0.2, 0.25) is 0 Å². The van der Waals surface area contributed by atoms with Gasteiger partial charge in [0.05, 0.1) is 0 Å². The molecule has 0 bridgehead atoms. The van der Waals surface area contributed by atoms with E-state index in [1.54, 1.807) is 18.2 Å². The van der Waals surface area contributed by atoms with Crippen molar-refractivity contribution in [3.05, 3.63) is 59.7 Å². The Morgan fingerprint density at radius 1 is 1.05 bits per heavy atom. The standard InChI is InChI=1S/C14H15BO4/c1-11-9-13(7-8-14(11)19-15(16)17)18-10-12-5-3-2-4-6-12/h2-9,16-17H,10H2,1H3. The molecule has 0 unspecified atom stereocenters. The lowest BCUT2D eigenvalue weighted by Crippen LogP contribution is -2.21. The molecule has 2 aromatic carbocycles. The summed E-state index contributed by atoms with van der Waals surface area (Å²) < 4.78 is 10.5. The molecule has 0 fully saturated rings. The van der Waals surface area contributed by atoms with E-state index in [2.05, 4.69) is 0 Å². The molecule has 0 saturated carbocycles. The predicted octanol–water partition coefficient (Wildman–Crippen LogP) is 1.92. The molecule has 2 aromatic rings. The van der Waals surface area contributed by atoms with Gasteiger partial charge in [0.1, 0.15) is 18.1 Å². The minimum absolute atomic E-state index is 0.419. The lowest BCUT2D eigenvalue weighted by Gasteiger charge is -2.11. The second-order valence-corrected chi connectivity index (χ2v) is 4.15. The molecular weight excluding hydrogens is 243 g/mol. The quantitative estimate of drug-likeness (QED) is 0.804. The fourth-order valence-corrected chi connectivity index (χ4v) is 1.70. The van der Waals surface area contributed by atoms with Crippen LogP contribution in [0.25, 0.3) is 0 Å². The molecule has 19 heavy (non-hydrogen) atoms. The summed E-state index contributed by atoms with van der Waals surface area (Å²) in [6.07, 6.45) is 0. The Hall–Kier alpha value is -1.98. The Balaban J connectivity index is 2.00. The SMILES string of the molecule is Cc1cc(OCc2ccccc2)ccc1OB(O)O. The van der Waals surface area contributed by atoms with Crippen LogP contribution in [0.4, 0.5) is 0 Å². The number of benzene rings is 2. The molecule has 2 rings (SSSR count). The minimum Gasteiger partial charge on any atom is -0.512 e. The van der Waals surface area contributed by atoms with Crippen LogP contribution in [0.15, 0.2) is 48.5 Å². The Morgan fingerprint density at radius 2 is 1.79 bits per heavy atom. The number of hydrogen-bond donors (Lipinski definition) is 2. The first-order valence-corrected chi connectivity index (χ1v) is 5.95. The fourth-order valence-electron chi connectivity index (χ4n) is 1.70. The first-order valence-electron chi connectivity index (χ1n) is 5.95. The summed E-state index contributed by atoms with van der Waals surface area (Å²) in [5.74, 6) is 1.13. The molecule has 0 aliphatic rings. The van der Waals surface area contributed by atoms with E-state index in [0.29, 0.717) is 18.1 Å². The average molecular weight is 258 g/mol. The Kier molecular flexibility index (Phi) is 4.44. The lowest BCUT2D eigenvalue weighted by molar-refractivity contribution is 0.285. The summed E-state index contributed by atoms with van der Waals surface area (Å²) in [4.78, 5) is 0. The van der Waals surface area contributed by atoms with E-state index in [9.17, 15) is 0 Å². The third-order valence-corrected chi connectivity index (χ3v) is 2.63. The third-order valence-electron chi connectivity index (χ3n) is 2.63. The van der Waals surface area contributed by atoms with Crippen LogP contribution >= 0.6 is 0 Å². The van der Waals surface area contributed by atoms with Crippen molar-refractivity contribution in [1.82, 2.24) is 0 Å². The van der Waals surface area contributed by atoms with Gasteiger partial charge in [0.15, 0.2) is 0 Å². The van der Waals surface area contributed by atoms with Crippen molar-refractivity contribution >= 4 is 7.32 Å². The number of ether oxygens (including phenoxy) is 1. The van der Waals surface area contributed by atoms with Crippen LogP contribution in [-0.4, -0.2) is 17.4 Å². The van der Waals surface area contributed by atoms with Crippen molar-refractivity contribution in [1.29, 1.82) is 0 Å². The zero-order valence-electron chi connectivity index (χ0n) is 10.6. The highest BCUT2D eigenvalue weighted by molar-refractivity contribution is 6.33. The van der Waals surface area contributed by atoms with Crippen LogP contribution in [-0.2, 0) is 6.61 Å². The van der Waals surface area contributed by atoms with Crippen molar-refractivity contribution in [2.24, 2.45) is 0 Å². The van der Waals surface area contributed by atoms with E-state index in [4.69, 9.17) is 19.4 Å². The molecule has 2 N–H and O–H groups in total. The number of aryl methyl sites for hydroxylation is 1. The molecule has 0 aromatic heterocycles. The van der Waals surface area contributed by atoms with Gasteiger partial charge in [-0.3, -0.25) is 0 Å². The summed E-state index contributed by atoms with van der Waals surface area (Å²) in [5.41, 5.74) is 1.87. The maximum Gasteiger partial charge on any atom is 0.707 e. The fraction of sp³-hybridized carbons (Fsp3) is 0.143. The van der Waals surface area contributed by atoms with Gasteiger partial charge in [-0.1, -0.05) is 30.3 Å². The first kappa shape index (κ1) is 13.5. The molecular formula is C14H15BO4. The largest absolute Gasteiger partial charge is 0.707 e. The Bertz CT molecular complexity index is 528. The smallest absolute Gasteiger partial charge is 0.512 e. The van der Waals surface area contributed by atoms with Gasteiger partial charge in [-0.25, -0.2) is 0 Å². The maximum atomic E-state index is 8.75. The van der Waals surface area contributed by atoms with Gasteiger partial charge in [-0.15, -0.1) is 0 Å². The average Bonchev–Trinajstić information content (AvgIpc) is 2.40. The van der Waals surface area contributed by atoms with Crippen molar-refractivity contribution < 1.29 is 19.4 Å². The molecule has 0 saturated heterocycles. The summed E-state index contributed by atoms with van der Waals surface area (Å²) in [6, 6.07) is 15.0. The van der Waals surface area contributed by atoms with Crippen molar-refractivity contribution in [3.8, 4) is 11.5 Å². The Morgan fingerprint density at radius 3 is 2.42 bits per heavy atom. The highest BCUT2D eigenvalue weighted by Crippen LogP contribution is 2.24. The Labute approximate surface area is 112 Å². The highest BCUT2D eigenvalue weighted by atomic mass is 16.6. The van der Waals surface area contributed by atoms with Crippen molar-refractivity contribution in [2.45, 2.75) is 13.5 Å². The van der Waals surface area contributed by atoms with Crippen LogP contribution in [0.1, 0.15) is 11.1 Å². The molecule has 4 nitrogen and oxygen atoms in total. The van der Waals surface area contributed by atoms with E-state index < -0.39 is 7.32 Å². The van der Waals surface area contributed by atoms with E-state index in [-0.39, 0.29) is 0 Å². The first-order chi connectivity index (χ1) is 9.15. The monoisotopic (exact) mass is 258 g/mol. The highest BCUT2D eigenvalue weighted by Gasteiger charge is 2.13. The van der Waals surface area contributed by atoms with Crippen molar-refractivity contribution in [3.63, 3.8) is 0 Å². The molecule has 0 spiro atoms. The zero-order chi connectivity index (χ0) is 13.7. The molecule has 0 radical (unpaired) electrons. The summed E-state index contributed by atoms with van der Waals surface area (Å²) in [5, 5.41) is 17.5. The topological polar surface area (TPSA) is 58.9 Å². The molecule has 0 amide bonds. The second kappa shape index (κ2) is 6.27. The molecule has 0 heterocycles. The van der Waals surface area contributed by atoms with Gasteiger partial charge in [0.25, 0.3) is 0 Å². The van der Waals surface area contributed by atoms with Crippen LogP contribution in [0.5, 0.6) is 11.5 Å². The molecule has 0 atom stereocenters.